The van der Waals surface area contributed by atoms with Crippen LogP contribution in [0.15, 0.2) is 17.1 Å². The van der Waals surface area contributed by atoms with Crippen LogP contribution in [-0.4, -0.2) is 29.8 Å². The number of hydrogen-bond acceptors (Lipinski definition) is 2. The maximum absolute atomic E-state index is 9.81. The molecule has 1 aliphatic rings. The zero-order valence-electron chi connectivity index (χ0n) is 9.42. The largest absolute Gasteiger partial charge is 0.390 e. The highest BCUT2D eigenvalue weighted by Crippen LogP contribution is 2.33. The molecular weight excluding hydrogens is 190 g/mol. The lowest BCUT2D eigenvalue weighted by molar-refractivity contribution is -0.0386. The Balaban J connectivity index is 2.13. The molecule has 0 amide bonds. The number of nitrogens with zero attached hydrogens (tertiary/aromatic N) is 1. The van der Waals surface area contributed by atoms with Crippen molar-refractivity contribution in [2.24, 2.45) is 10.7 Å². The Morgan fingerprint density at radius 2 is 2.27 bits per heavy atom. The number of nitrogens with two attached hydrogens (primary N) is 1. The first-order chi connectivity index (χ1) is 7.02. The Hall–Kier alpha value is -1.03. The summed E-state index contributed by atoms with van der Waals surface area (Å²) >= 11 is 0. The lowest BCUT2D eigenvalue weighted by atomic mass is 9.78. The average Bonchev–Trinajstić information content (AvgIpc) is 2.12. The van der Waals surface area contributed by atoms with Crippen LogP contribution in [-0.2, 0) is 0 Å². The van der Waals surface area contributed by atoms with Crippen LogP contribution >= 0.6 is 0 Å². The number of nitrogens with one attached hydrogen (secondary N) is 1. The molecule has 4 N–H and O–H groups in total. The number of hydrogen-bond donors (Lipinski definition) is 3. The lowest BCUT2D eigenvalue weighted by Gasteiger charge is -2.36. The Morgan fingerprint density at radius 3 is 2.73 bits per heavy atom. The highest BCUT2D eigenvalue weighted by molar-refractivity contribution is 5.77. The van der Waals surface area contributed by atoms with Gasteiger partial charge in [0.05, 0.1) is 12.1 Å². The fourth-order valence-corrected chi connectivity index (χ4v) is 1.53. The molecule has 4 nitrogen and oxygen atoms in total. The number of rotatable bonds is 5. The summed E-state index contributed by atoms with van der Waals surface area (Å²) in [5, 5.41) is 12.8. The van der Waals surface area contributed by atoms with Crippen molar-refractivity contribution in [1.29, 1.82) is 0 Å². The van der Waals surface area contributed by atoms with Crippen molar-refractivity contribution >= 4 is 5.96 Å². The molecule has 0 aromatic carbocycles. The first-order valence-corrected chi connectivity index (χ1v) is 5.42. The molecule has 0 atom stereocenters. The van der Waals surface area contributed by atoms with Crippen LogP contribution in [0.2, 0.25) is 0 Å². The quantitative estimate of drug-likeness (QED) is 0.357. The van der Waals surface area contributed by atoms with E-state index in [4.69, 9.17) is 5.73 Å². The molecule has 1 aliphatic carbocycles. The fourth-order valence-electron chi connectivity index (χ4n) is 1.53. The van der Waals surface area contributed by atoms with Gasteiger partial charge in [-0.1, -0.05) is 12.2 Å². The summed E-state index contributed by atoms with van der Waals surface area (Å²) in [5.74, 6) is 0.431. The number of guanidine groups is 1. The maximum atomic E-state index is 9.81. The van der Waals surface area contributed by atoms with Crippen molar-refractivity contribution in [1.82, 2.24) is 5.32 Å². The molecule has 0 aromatic rings. The fraction of sp³-hybridized carbons (Fsp3) is 0.727. The molecule has 0 radical (unpaired) electrons. The Labute approximate surface area is 91.3 Å². The summed E-state index contributed by atoms with van der Waals surface area (Å²) in [6.45, 7) is 6.89. The molecule has 0 saturated heterocycles. The molecule has 0 spiro atoms. The van der Waals surface area contributed by atoms with Gasteiger partial charge < -0.3 is 16.2 Å². The van der Waals surface area contributed by atoms with Crippen molar-refractivity contribution in [3.8, 4) is 0 Å². The molecule has 0 unspecified atom stereocenters. The minimum Gasteiger partial charge on any atom is -0.390 e. The summed E-state index contributed by atoms with van der Waals surface area (Å²) in [4.78, 5) is 4.09. The Bertz CT molecular complexity index is 257. The molecular formula is C11H21N3O. The molecule has 1 rings (SSSR count). The van der Waals surface area contributed by atoms with E-state index in [1.165, 1.54) is 0 Å². The van der Waals surface area contributed by atoms with E-state index in [9.17, 15) is 5.11 Å². The molecule has 86 valence electrons. The van der Waals surface area contributed by atoms with Crippen molar-refractivity contribution in [3.63, 3.8) is 0 Å². The number of aliphatic imine (C=N–C) groups is 1. The van der Waals surface area contributed by atoms with Gasteiger partial charge in [-0.05, 0) is 32.6 Å². The highest BCUT2D eigenvalue weighted by atomic mass is 16.3. The topological polar surface area (TPSA) is 70.6 Å². The van der Waals surface area contributed by atoms with E-state index < -0.39 is 5.60 Å². The van der Waals surface area contributed by atoms with Crippen molar-refractivity contribution < 1.29 is 5.11 Å². The summed E-state index contributed by atoms with van der Waals surface area (Å²) in [7, 11) is 0. The van der Waals surface area contributed by atoms with E-state index >= 15 is 0 Å². The molecule has 15 heavy (non-hydrogen) atoms. The van der Waals surface area contributed by atoms with Crippen LogP contribution in [0.3, 0.4) is 0 Å². The van der Waals surface area contributed by atoms with Crippen LogP contribution in [0.5, 0.6) is 0 Å². The van der Waals surface area contributed by atoms with Gasteiger partial charge in [-0.15, -0.1) is 0 Å². The van der Waals surface area contributed by atoms with E-state index in [0.717, 1.165) is 31.3 Å². The van der Waals surface area contributed by atoms with E-state index in [1.54, 1.807) is 0 Å². The van der Waals surface area contributed by atoms with E-state index in [1.807, 2.05) is 6.92 Å². The zero-order chi connectivity index (χ0) is 11.3. The second kappa shape index (κ2) is 5.16. The van der Waals surface area contributed by atoms with Crippen molar-refractivity contribution in [3.05, 3.63) is 12.2 Å². The molecule has 0 heterocycles. The predicted molar refractivity (Wildman–Crippen MR) is 62.7 cm³/mol. The predicted octanol–water partition coefficient (Wildman–Crippen LogP) is 0.772. The maximum Gasteiger partial charge on any atom is 0.188 e. The average molecular weight is 211 g/mol. The standard InChI is InChI=1S/C11H21N3O/c1-9(2)8-14-10(12)13-7-6-11(15)4-3-5-11/h15H,1,3-8H2,2H3,(H3,12,13,14). The van der Waals surface area contributed by atoms with Crippen molar-refractivity contribution in [2.45, 2.75) is 38.2 Å². The normalized spacial score (nSPS) is 19.5. The van der Waals surface area contributed by atoms with Gasteiger partial charge >= 0.3 is 0 Å². The molecule has 1 fully saturated rings. The van der Waals surface area contributed by atoms with Crippen LogP contribution < -0.4 is 11.1 Å². The number of aliphatic hydroxyl groups is 1. The summed E-state index contributed by atoms with van der Waals surface area (Å²) in [5.41, 5.74) is 6.17. The SMILES string of the molecule is C=C(C)CN=C(N)NCCC1(O)CCC1. The summed E-state index contributed by atoms with van der Waals surface area (Å²) in [6, 6.07) is 0. The third kappa shape index (κ3) is 4.34. The molecule has 0 aromatic heterocycles. The lowest BCUT2D eigenvalue weighted by Crippen LogP contribution is -2.42. The van der Waals surface area contributed by atoms with E-state index in [0.29, 0.717) is 19.0 Å². The molecule has 4 heteroatoms. The monoisotopic (exact) mass is 211 g/mol. The van der Waals surface area contributed by atoms with Gasteiger partial charge in [0.15, 0.2) is 5.96 Å². The second-order valence-electron chi connectivity index (χ2n) is 4.41. The van der Waals surface area contributed by atoms with Gasteiger partial charge in [-0.25, -0.2) is 4.99 Å². The second-order valence-corrected chi connectivity index (χ2v) is 4.41. The summed E-state index contributed by atoms with van der Waals surface area (Å²) in [6.07, 6.45) is 3.71. The zero-order valence-corrected chi connectivity index (χ0v) is 9.42. The van der Waals surface area contributed by atoms with E-state index in [-0.39, 0.29) is 0 Å². The molecule has 1 saturated carbocycles. The van der Waals surface area contributed by atoms with Crippen LogP contribution in [0.4, 0.5) is 0 Å². The van der Waals surface area contributed by atoms with Gasteiger partial charge in [-0.2, -0.15) is 0 Å². The van der Waals surface area contributed by atoms with Gasteiger partial charge in [0.2, 0.25) is 0 Å². The van der Waals surface area contributed by atoms with E-state index in [2.05, 4.69) is 16.9 Å². The van der Waals surface area contributed by atoms with Gasteiger partial charge in [0.1, 0.15) is 0 Å². The Morgan fingerprint density at radius 1 is 1.60 bits per heavy atom. The minimum absolute atomic E-state index is 0.431. The first kappa shape index (κ1) is 12.0. The smallest absolute Gasteiger partial charge is 0.188 e. The van der Waals surface area contributed by atoms with Gasteiger partial charge in [-0.3, -0.25) is 0 Å². The third-order valence-electron chi connectivity index (χ3n) is 2.70. The van der Waals surface area contributed by atoms with Gasteiger partial charge in [0.25, 0.3) is 0 Å². The molecule has 0 aliphatic heterocycles. The van der Waals surface area contributed by atoms with Crippen LogP contribution in [0.25, 0.3) is 0 Å². The highest BCUT2D eigenvalue weighted by Gasteiger charge is 2.33. The summed E-state index contributed by atoms with van der Waals surface area (Å²) < 4.78 is 0. The molecule has 0 bridgehead atoms. The van der Waals surface area contributed by atoms with Crippen LogP contribution in [0.1, 0.15) is 32.6 Å². The minimum atomic E-state index is -0.443. The van der Waals surface area contributed by atoms with Crippen LogP contribution in [0, 0.1) is 0 Å². The third-order valence-corrected chi connectivity index (χ3v) is 2.70. The van der Waals surface area contributed by atoms with Gasteiger partial charge in [0, 0.05) is 6.54 Å². The van der Waals surface area contributed by atoms with Crippen molar-refractivity contribution in [2.75, 3.05) is 13.1 Å². The Kier molecular flexibility index (Phi) is 4.15. The first-order valence-electron chi connectivity index (χ1n) is 5.42.